The average Bonchev–Trinajstić information content (AvgIpc) is 2.71. The van der Waals surface area contributed by atoms with Gasteiger partial charge in [-0.05, 0) is 40.0 Å². The second-order valence-electron chi connectivity index (χ2n) is 3.52. The summed E-state index contributed by atoms with van der Waals surface area (Å²) in [5.74, 6) is 0.862. The molecule has 0 amide bonds. The van der Waals surface area contributed by atoms with Gasteiger partial charge in [-0.25, -0.2) is 0 Å². The van der Waals surface area contributed by atoms with Crippen molar-refractivity contribution in [3.05, 3.63) is 28.2 Å². The van der Waals surface area contributed by atoms with Gasteiger partial charge in [-0.1, -0.05) is 6.07 Å². The van der Waals surface area contributed by atoms with Crippen LogP contribution in [0.15, 0.2) is 22.7 Å². The molecule has 1 heterocycles. The van der Waals surface area contributed by atoms with E-state index in [-0.39, 0.29) is 0 Å². The number of halogens is 1. The minimum absolute atomic E-state index is 0.836. The van der Waals surface area contributed by atoms with Gasteiger partial charge in [-0.2, -0.15) is 5.06 Å². The zero-order valence-corrected chi connectivity index (χ0v) is 10.3. The molecule has 0 atom stereocenters. The highest BCUT2D eigenvalue weighted by molar-refractivity contribution is 9.10. The topological polar surface area (TPSA) is 21.7 Å². The van der Waals surface area contributed by atoms with Gasteiger partial charge >= 0.3 is 0 Å². The molecule has 0 aromatic heterocycles. The second-order valence-corrected chi connectivity index (χ2v) is 4.37. The standard InChI is InChI=1S/C11H14BrNO2/c1-14-11-4-3-9(7-10(11)12)8-13-5-2-6-15-13/h3-4,7H,2,5-6,8H2,1H3. The van der Waals surface area contributed by atoms with Crippen LogP contribution in [0.1, 0.15) is 12.0 Å². The zero-order chi connectivity index (χ0) is 10.7. The molecule has 82 valence electrons. The van der Waals surface area contributed by atoms with Crippen molar-refractivity contribution >= 4 is 15.9 Å². The summed E-state index contributed by atoms with van der Waals surface area (Å²) in [6.45, 7) is 2.70. The van der Waals surface area contributed by atoms with Crippen LogP contribution in [0.4, 0.5) is 0 Å². The maximum atomic E-state index is 5.44. The first-order chi connectivity index (χ1) is 7.29. The Bertz CT molecular complexity index is 337. The molecule has 1 aromatic carbocycles. The molecule has 0 aliphatic carbocycles. The number of benzene rings is 1. The summed E-state index contributed by atoms with van der Waals surface area (Å²) in [6.07, 6.45) is 1.12. The predicted molar refractivity (Wildman–Crippen MR) is 61.7 cm³/mol. The molecule has 1 aromatic rings. The normalized spacial score (nSPS) is 16.9. The van der Waals surface area contributed by atoms with Gasteiger partial charge in [0.25, 0.3) is 0 Å². The van der Waals surface area contributed by atoms with Gasteiger partial charge in [-0.3, -0.25) is 4.84 Å². The number of nitrogens with zero attached hydrogens (tertiary/aromatic N) is 1. The first-order valence-corrected chi connectivity index (χ1v) is 5.79. The van der Waals surface area contributed by atoms with Crippen LogP contribution >= 0.6 is 15.9 Å². The van der Waals surface area contributed by atoms with Gasteiger partial charge in [0.05, 0.1) is 18.2 Å². The number of hydrogen-bond donors (Lipinski definition) is 0. The van der Waals surface area contributed by atoms with E-state index >= 15 is 0 Å². The Labute approximate surface area is 98.1 Å². The van der Waals surface area contributed by atoms with E-state index in [1.54, 1.807) is 7.11 Å². The zero-order valence-electron chi connectivity index (χ0n) is 8.70. The number of rotatable bonds is 3. The van der Waals surface area contributed by atoms with Crippen molar-refractivity contribution in [2.75, 3.05) is 20.3 Å². The lowest BCUT2D eigenvalue weighted by Crippen LogP contribution is -2.16. The molecule has 0 radical (unpaired) electrons. The summed E-state index contributed by atoms with van der Waals surface area (Å²) in [6, 6.07) is 6.10. The molecule has 1 aliphatic heterocycles. The maximum Gasteiger partial charge on any atom is 0.133 e. The number of hydrogen-bond acceptors (Lipinski definition) is 3. The molecule has 1 aliphatic rings. The van der Waals surface area contributed by atoms with Crippen LogP contribution in [0, 0.1) is 0 Å². The fraction of sp³-hybridized carbons (Fsp3) is 0.455. The van der Waals surface area contributed by atoms with Crippen molar-refractivity contribution < 1.29 is 9.57 Å². The monoisotopic (exact) mass is 271 g/mol. The Morgan fingerprint density at radius 2 is 2.40 bits per heavy atom. The first-order valence-electron chi connectivity index (χ1n) is 5.00. The van der Waals surface area contributed by atoms with E-state index in [1.807, 2.05) is 11.1 Å². The molecular formula is C11H14BrNO2. The van der Waals surface area contributed by atoms with Crippen molar-refractivity contribution in [1.29, 1.82) is 0 Å². The van der Waals surface area contributed by atoms with Crippen LogP contribution in [0.25, 0.3) is 0 Å². The first kappa shape index (κ1) is 10.9. The van der Waals surface area contributed by atoms with Crippen LogP contribution in [0.3, 0.4) is 0 Å². The van der Waals surface area contributed by atoms with Crippen LogP contribution in [0.5, 0.6) is 5.75 Å². The molecular weight excluding hydrogens is 258 g/mol. The molecule has 4 heteroatoms. The van der Waals surface area contributed by atoms with Crippen molar-refractivity contribution in [1.82, 2.24) is 5.06 Å². The number of hydroxylamine groups is 2. The molecule has 2 rings (SSSR count). The molecule has 0 N–H and O–H groups in total. The smallest absolute Gasteiger partial charge is 0.133 e. The third kappa shape index (κ3) is 2.71. The van der Waals surface area contributed by atoms with E-state index in [1.165, 1.54) is 5.56 Å². The SMILES string of the molecule is COc1ccc(CN2CCCO2)cc1Br. The minimum atomic E-state index is 0.836. The molecule has 1 saturated heterocycles. The van der Waals surface area contributed by atoms with Crippen LogP contribution in [-0.4, -0.2) is 25.3 Å². The van der Waals surface area contributed by atoms with Crippen molar-refractivity contribution in [3.8, 4) is 5.75 Å². The van der Waals surface area contributed by atoms with Gasteiger partial charge in [0.2, 0.25) is 0 Å². The molecule has 3 nitrogen and oxygen atoms in total. The lowest BCUT2D eigenvalue weighted by molar-refractivity contribution is -0.117. The van der Waals surface area contributed by atoms with Gasteiger partial charge in [0, 0.05) is 13.1 Å². The quantitative estimate of drug-likeness (QED) is 0.844. The molecule has 0 bridgehead atoms. The summed E-state index contributed by atoms with van der Waals surface area (Å²) in [7, 11) is 1.67. The lowest BCUT2D eigenvalue weighted by atomic mass is 10.2. The lowest BCUT2D eigenvalue weighted by Gasteiger charge is -2.14. The highest BCUT2D eigenvalue weighted by Gasteiger charge is 2.13. The van der Waals surface area contributed by atoms with Gasteiger partial charge in [-0.15, -0.1) is 0 Å². The highest BCUT2D eigenvalue weighted by Crippen LogP contribution is 2.26. The van der Waals surface area contributed by atoms with Gasteiger partial charge in [0.15, 0.2) is 0 Å². The Kier molecular flexibility index (Phi) is 3.61. The van der Waals surface area contributed by atoms with Crippen LogP contribution in [-0.2, 0) is 11.4 Å². The largest absolute Gasteiger partial charge is 0.496 e. The fourth-order valence-electron chi connectivity index (χ4n) is 1.64. The third-order valence-corrected chi connectivity index (χ3v) is 3.02. The van der Waals surface area contributed by atoms with E-state index in [0.717, 1.165) is 36.3 Å². The number of methoxy groups -OCH3 is 1. The van der Waals surface area contributed by atoms with Gasteiger partial charge < -0.3 is 4.74 Å². The summed E-state index contributed by atoms with van der Waals surface area (Å²) < 4.78 is 6.17. The van der Waals surface area contributed by atoms with E-state index in [0.29, 0.717) is 0 Å². The number of ether oxygens (including phenoxy) is 1. The maximum absolute atomic E-state index is 5.44. The second kappa shape index (κ2) is 4.96. The Morgan fingerprint density at radius 3 is 3.00 bits per heavy atom. The molecule has 0 saturated carbocycles. The Hall–Kier alpha value is -0.580. The summed E-state index contributed by atoms with van der Waals surface area (Å²) >= 11 is 3.47. The molecule has 15 heavy (non-hydrogen) atoms. The van der Waals surface area contributed by atoms with E-state index < -0.39 is 0 Å². The Morgan fingerprint density at radius 1 is 1.53 bits per heavy atom. The Balaban J connectivity index is 2.05. The van der Waals surface area contributed by atoms with E-state index in [9.17, 15) is 0 Å². The minimum Gasteiger partial charge on any atom is -0.496 e. The molecule has 0 spiro atoms. The average molecular weight is 272 g/mol. The summed E-state index contributed by atoms with van der Waals surface area (Å²) in [4.78, 5) is 5.44. The van der Waals surface area contributed by atoms with Crippen LogP contribution in [0.2, 0.25) is 0 Å². The highest BCUT2D eigenvalue weighted by atomic mass is 79.9. The predicted octanol–water partition coefficient (Wildman–Crippen LogP) is 2.60. The van der Waals surface area contributed by atoms with E-state index in [2.05, 4.69) is 28.1 Å². The van der Waals surface area contributed by atoms with Crippen molar-refractivity contribution in [2.24, 2.45) is 0 Å². The van der Waals surface area contributed by atoms with Crippen LogP contribution < -0.4 is 4.74 Å². The van der Waals surface area contributed by atoms with E-state index in [4.69, 9.17) is 9.57 Å². The third-order valence-electron chi connectivity index (χ3n) is 2.40. The molecule has 0 unspecified atom stereocenters. The summed E-state index contributed by atoms with van der Waals surface area (Å²) in [5, 5.41) is 1.99. The molecule has 1 fully saturated rings. The van der Waals surface area contributed by atoms with Crippen molar-refractivity contribution in [3.63, 3.8) is 0 Å². The van der Waals surface area contributed by atoms with Gasteiger partial charge in [0.1, 0.15) is 5.75 Å². The summed E-state index contributed by atoms with van der Waals surface area (Å²) in [5.41, 5.74) is 1.23. The van der Waals surface area contributed by atoms with Crippen molar-refractivity contribution in [2.45, 2.75) is 13.0 Å². The fourth-order valence-corrected chi connectivity index (χ4v) is 2.22.